The summed E-state index contributed by atoms with van der Waals surface area (Å²) in [5, 5.41) is 8.43. The number of nitrogens with zero attached hydrogens (tertiary/aromatic N) is 1. The molecule has 0 aliphatic rings. The number of nitrogens with one attached hydrogen (secondary N) is 1. The number of benzene rings is 1. The van der Waals surface area contributed by atoms with Gasteiger partial charge in [0.15, 0.2) is 0 Å². The second kappa shape index (κ2) is 3.33. The molecule has 0 saturated heterocycles. The average molecular weight is 219 g/mol. The molecule has 1 rings (SSSR count). The normalized spacial score (nSPS) is 14.7. The first-order chi connectivity index (χ1) is 6.32. The van der Waals surface area contributed by atoms with Gasteiger partial charge in [0, 0.05) is 12.3 Å². The molecule has 2 N–H and O–H groups in total. The van der Waals surface area contributed by atoms with E-state index >= 15 is 0 Å². The topological polar surface area (TPSA) is 81.2 Å². The molecular weight excluding hydrogens is 211 g/mol. The summed E-state index contributed by atoms with van der Waals surface area (Å²) in [5.74, 6) is -0.945. The molecule has 0 spiro atoms. The Morgan fingerprint density at radius 2 is 2.14 bits per heavy atom. The van der Waals surface area contributed by atoms with E-state index in [-0.39, 0.29) is 10.6 Å². The predicted molar refractivity (Wildman–Crippen MR) is 46.5 cm³/mol. The van der Waals surface area contributed by atoms with Crippen molar-refractivity contribution in [3.63, 3.8) is 0 Å². The maximum atomic E-state index is 13.1. The number of rotatable bonds is 2. The minimum absolute atomic E-state index is 0.289. The van der Waals surface area contributed by atoms with E-state index in [0.29, 0.717) is 0 Å². The summed E-state index contributed by atoms with van der Waals surface area (Å²) < 4.78 is 31.4. The lowest BCUT2D eigenvalue weighted by atomic mass is 10.3. The molecular formula is C7H8FN2O3S+. The fourth-order valence-electron chi connectivity index (χ4n) is 0.925. The molecule has 0 bridgehead atoms. The minimum atomic E-state index is -3.15. The minimum Gasteiger partial charge on any atom is -0.249 e. The van der Waals surface area contributed by atoms with E-state index in [9.17, 15) is 13.5 Å². The van der Waals surface area contributed by atoms with Gasteiger partial charge in [0.05, 0.1) is 25.6 Å². The van der Waals surface area contributed by atoms with Gasteiger partial charge in [-0.05, 0) is 6.07 Å². The molecule has 5 nitrogen and oxygen atoms in total. The molecule has 0 saturated carbocycles. The predicted octanol–water partition coefficient (Wildman–Crippen LogP) is 1.66. The Kier molecular flexibility index (Phi) is 2.52. The number of hydrogen-bond donors (Lipinski definition) is 2. The van der Waals surface area contributed by atoms with Crippen LogP contribution < -0.4 is 0 Å². The van der Waals surface area contributed by atoms with Gasteiger partial charge in [0.1, 0.15) is 5.82 Å². The van der Waals surface area contributed by atoms with Crippen molar-refractivity contribution in [2.45, 2.75) is 4.90 Å². The van der Waals surface area contributed by atoms with Crippen molar-refractivity contribution in [3.8, 4) is 0 Å². The van der Waals surface area contributed by atoms with E-state index in [1.165, 1.54) is 0 Å². The maximum Gasteiger partial charge on any atom is 0.319 e. The highest BCUT2D eigenvalue weighted by molar-refractivity contribution is 7.91. The van der Waals surface area contributed by atoms with Crippen molar-refractivity contribution in [1.29, 1.82) is 4.78 Å². The van der Waals surface area contributed by atoms with E-state index in [1.54, 1.807) is 0 Å². The first-order valence-corrected chi connectivity index (χ1v) is 5.48. The molecule has 0 aliphatic heterocycles. The zero-order chi connectivity index (χ0) is 10.9. The molecule has 7 heteroatoms. The Morgan fingerprint density at radius 3 is 2.50 bits per heavy atom. The first-order valence-electron chi connectivity index (χ1n) is 3.52. The summed E-state index contributed by atoms with van der Waals surface area (Å²) in [5.41, 5.74) is -0.310. The molecule has 1 unspecified atom stereocenters. The lowest BCUT2D eigenvalue weighted by molar-refractivity contribution is -0.729. The fourth-order valence-corrected chi connectivity index (χ4v) is 1.68. The third-order valence-corrected chi connectivity index (χ3v) is 2.73. The van der Waals surface area contributed by atoms with Gasteiger partial charge in [-0.15, -0.1) is 0 Å². The van der Waals surface area contributed by atoms with Crippen LogP contribution in [0.15, 0.2) is 23.1 Å². The Balaban J connectivity index is 3.35. The van der Waals surface area contributed by atoms with Crippen LogP contribution in [0.3, 0.4) is 0 Å². The van der Waals surface area contributed by atoms with Gasteiger partial charge in [-0.2, -0.15) is 0 Å². The maximum absolute atomic E-state index is 13.1. The number of hydrogen-bond acceptors (Lipinski definition) is 3. The highest BCUT2D eigenvalue weighted by Crippen LogP contribution is 2.19. The van der Waals surface area contributed by atoms with Gasteiger partial charge in [-0.1, -0.05) is 0 Å². The second-order valence-electron chi connectivity index (χ2n) is 2.73. The van der Waals surface area contributed by atoms with Gasteiger partial charge < -0.3 is 0 Å². The molecule has 0 fully saturated rings. The smallest absolute Gasteiger partial charge is 0.249 e. The van der Waals surface area contributed by atoms with Crippen molar-refractivity contribution in [2.75, 3.05) is 6.26 Å². The van der Waals surface area contributed by atoms with Gasteiger partial charge >= 0.3 is 5.69 Å². The lowest BCUT2D eigenvalue weighted by Crippen LogP contribution is -2.00. The van der Waals surface area contributed by atoms with Crippen molar-refractivity contribution in [3.05, 3.63) is 28.9 Å². The Hall–Kier alpha value is -1.50. The molecule has 76 valence electrons. The summed E-state index contributed by atoms with van der Waals surface area (Å²) >= 11 is 0. The highest BCUT2D eigenvalue weighted by Gasteiger charge is 2.17. The third kappa shape index (κ3) is 2.05. The van der Waals surface area contributed by atoms with Crippen LogP contribution in [0.5, 0.6) is 0 Å². The summed E-state index contributed by atoms with van der Waals surface area (Å²) in [6, 6.07) is 2.85. The van der Waals surface area contributed by atoms with E-state index < -0.39 is 20.5 Å². The highest BCUT2D eigenvalue weighted by atomic mass is 32.2. The lowest BCUT2D eigenvalue weighted by Gasteiger charge is -2.00. The summed E-state index contributed by atoms with van der Waals surface area (Å²) in [4.78, 5) is 9.55. The first kappa shape index (κ1) is 10.6. The summed E-state index contributed by atoms with van der Waals surface area (Å²) in [6.45, 7) is 0. The van der Waals surface area contributed by atoms with E-state index in [1.807, 2.05) is 0 Å². The monoisotopic (exact) mass is 219 g/mol. The Bertz CT molecular complexity index is 484. The van der Waals surface area contributed by atoms with Crippen LogP contribution in [-0.4, -0.2) is 20.6 Å². The largest absolute Gasteiger partial charge is 0.319 e. The fraction of sp³-hybridized carbons (Fsp3) is 0.143. The van der Waals surface area contributed by atoms with Crippen LogP contribution >= 0.6 is 0 Å². The van der Waals surface area contributed by atoms with Crippen molar-refractivity contribution in [1.82, 2.24) is 0 Å². The van der Waals surface area contributed by atoms with Gasteiger partial charge in [0.25, 0.3) is 4.92 Å². The molecule has 14 heavy (non-hydrogen) atoms. The standard InChI is InChI=1S/C7H8FN2O3S/c1-14(9,13)7-3-2-5(10(11)12)4-6(7)8/h2-4,9H,1H3,(H,11,12)/q+1. The van der Waals surface area contributed by atoms with Crippen molar-refractivity contribution in [2.24, 2.45) is 0 Å². The third-order valence-electron chi connectivity index (χ3n) is 1.56. The van der Waals surface area contributed by atoms with Crippen LogP contribution in [0.4, 0.5) is 10.1 Å². The van der Waals surface area contributed by atoms with Crippen LogP contribution in [0.25, 0.3) is 0 Å². The van der Waals surface area contributed by atoms with E-state index in [4.69, 9.17) is 9.99 Å². The number of halogens is 1. The summed E-state index contributed by atoms with van der Waals surface area (Å²) in [6.07, 6.45) is 1.07. The van der Waals surface area contributed by atoms with E-state index in [0.717, 1.165) is 24.5 Å². The molecule has 0 aromatic heterocycles. The summed E-state index contributed by atoms with van der Waals surface area (Å²) in [7, 11) is -3.15. The quantitative estimate of drug-likeness (QED) is 0.742. The molecule has 1 aromatic carbocycles. The van der Waals surface area contributed by atoms with Crippen LogP contribution in [0.1, 0.15) is 0 Å². The molecule has 0 aliphatic carbocycles. The van der Waals surface area contributed by atoms with Crippen LogP contribution in [-0.2, 0) is 9.73 Å². The van der Waals surface area contributed by atoms with Crippen molar-refractivity contribution >= 4 is 15.4 Å². The molecule has 0 radical (unpaired) electrons. The Labute approximate surface area is 79.7 Å². The van der Waals surface area contributed by atoms with Crippen LogP contribution in [0, 0.1) is 15.5 Å². The average Bonchev–Trinajstić information content (AvgIpc) is 2.01. The molecule has 1 atom stereocenters. The van der Waals surface area contributed by atoms with Gasteiger partial charge in [-0.3, -0.25) is 0 Å². The molecule has 0 amide bonds. The van der Waals surface area contributed by atoms with Crippen molar-refractivity contribution < 1.29 is 18.7 Å². The molecule has 0 heterocycles. The van der Waals surface area contributed by atoms with Gasteiger partial charge in [0.2, 0.25) is 0 Å². The Morgan fingerprint density at radius 1 is 1.57 bits per heavy atom. The second-order valence-corrected chi connectivity index (χ2v) is 4.86. The molecule has 1 aromatic rings. The zero-order valence-electron chi connectivity index (χ0n) is 7.23. The van der Waals surface area contributed by atoms with Gasteiger partial charge in [-0.25, -0.2) is 18.6 Å². The SMILES string of the molecule is CS(=N)(=O)c1ccc([N+](=O)O)cc1F. The van der Waals surface area contributed by atoms with E-state index in [2.05, 4.69) is 0 Å². The zero-order valence-corrected chi connectivity index (χ0v) is 8.05. The van der Waals surface area contributed by atoms with Crippen LogP contribution in [0.2, 0.25) is 0 Å².